The zero-order valence-electron chi connectivity index (χ0n) is 21.3. The molecular weight excluding hydrogens is 458 g/mol. The Morgan fingerprint density at radius 2 is 1.49 bits per heavy atom. The lowest BCUT2D eigenvalue weighted by Gasteiger charge is -2.27. The van der Waals surface area contributed by atoms with Gasteiger partial charge >= 0.3 is 5.97 Å². The van der Waals surface area contributed by atoms with Gasteiger partial charge in [-0.1, -0.05) is 34.1 Å². The molecule has 0 aromatic heterocycles. The smallest absolute Gasteiger partial charge is 0.326 e. The van der Waals surface area contributed by atoms with Crippen molar-refractivity contribution in [3.8, 4) is 0 Å². The lowest BCUT2D eigenvalue weighted by atomic mass is 9.98. The molecule has 3 amide bonds. The second-order valence-electron chi connectivity index (χ2n) is 9.18. The lowest BCUT2D eigenvalue weighted by molar-refractivity contribution is -0.143. The molecule has 0 aromatic carbocycles. The molecule has 13 heteroatoms. The van der Waals surface area contributed by atoms with E-state index < -0.39 is 54.0 Å². The van der Waals surface area contributed by atoms with E-state index in [9.17, 15) is 29.4 Å². The summed E-state index contributed by atoms with van der Waals surface area (Å²) in [5, 5.41) is 26.9. The van der Waals surface area contributed by atoms with Gasteiger partial charge in [-0.15, -0.1) is 0 Å². The average Bonchev–Trinajstić information content (AvgIpc) is 2.76. The van der Waals surface area contributed by atoms with Crippen LogP contribution in [0.15, 0.2) is 4.99 Å². The number of hydrogen-bond acceptors (Lipinski definition) is 7. The third kappa shape index (κ3) is 12.4. The fraction of sp³-hybridized carbons (Fsp3) is 0.773. The molecule has 0 aliphatic rings. The number of nitrogens with zero attached hydrogens (tertiary/aromatic N) is 1. The summed E-state index contributed by atoms with van der Waals surface area (Å²) in [5.74, 6) is -3.65. The number of aliphatic carboxylic acids is 1. The molecule has 6 atom stereocenters. The van der Waals surface area contributed by atoms with Crippen LogP contribution in [0, 0.1) is 11.8 Å². The van der Waals surface area contributed by atoms with Gasteiger partial charge in [0.05, 0.1) is 12.1 Å². The van der Waals surface area contributed by atoms with Crippen molar-refractivity contribution in [3.63, 3.8) is 0 Å². The van der Waals surface area contributed by atoms with Crippen molar-refractivity contribution in [1.82, 2.24) is 16.0 Å². The summed E-state index contributed by atoms with van der Waals surface area (Å²) in [4.78, 5) is 53.7. The van der Waals surface area contributed by atoms with Crippen molar-refractivity contribution in [2.75, 3.05) is 6.54 Å². The van der Waals surface area contributed by atoms with E-state index in [-0.39, 0.29) is 37.2 Å². The highest BCUT2D eigenvalue weighted by Gasteiger charge is 2.33. The van der Waals surface area contributed by atoms with E-state index in [1.807, 2.05) is 20.8 Å². The van der Waals surface area contributed by atoms with Gasteiger partial charge in [-0.05, 0) is 38.0 Å². The van der Waals surface area contributed by atoms with Gasteiger partial charge in [0, 0.05) is 6.54 Å². The Balaban J connectivity index is 5.60. The fourth-order valence-corrected chi connectivity index (χ4v) is 3.17. The van der Waals surface area contributed by atoms with E-state index in [0.717, 1.165) is 0 Å². The van der Waals surface area contributed by atoms with Crippen LogP contribution in [0.5, 0.6) is 0 Å². The van der Waals surface area contributed by atoms with Crippen LogP contribution < -0.4 is 33.2 Å². The predicted octanol–water partition coefficient (Wildman–Crippen LogP) is -1.62. The van der Waals surface area contributed by atoms with Crippen LogP contribution in [-0.4, -0.2) is 76.7 Å². The van der Waals surface area contributed by atoms with E-state index in [1.165, 1.54) is 6.92 Å². The Kier molecular flexibility index (Phi) is 14.5. The molecule has 6 unspecified atom stereocenters. The van der Waals surface area contributed by atoms with E-state index in [1.54, 1.807) is 6.92 Å². The number of nitrogens with one attached hydrogen (secondary N) is 3. The first-order valence-corrected chi connectivity index (χ1v) is 11.8. The van der Waals surface area contributed by atoms with E-state index in [4.69, 9.17) is 17.2 Å². The average molecular weight is 502 g/mol. The van der Waals surface area contributed by atoms with Gasteiger partial charge in [0.2, 0.25) is 17.7 Å². The molecule has 0 rings (SSSR count). The topological polar surface area (TPSA) is 235 Å². The van der Waals surface area contributed by atoms with Crippen molar-refractivity contribution < 1.29 is 29.4 Å². The number of aliphatic hydroxyl groups excluding tert-OH is 1. The minimum Gasteiger partial charge on any atom is -0.480 e. The molecule has 0 aliphatic carbocycles. The largest absolute Gasteiger partial charge is 0.480 e. The SMILES string of the molecule is CCC(C)C(N)C(=O)NC(C(=O)NC(CCCN=C(N)N)C(=O)NC(CC(C)C)C(=O)O)C(C)O. The number of carboxylic acids is 1. The zero-order chi connectivity index (χ0) is 27.3. The van der Waals surface area contributed by atoms with Gasteiger partial charge in [0.1, 0.15) is 18.1 Å². The molecule has 35 heavy (non-hydrogen) atoms. The molecule has 0 radical (unpaired) electrons. The van der Waals surface area contributed by atoms with Gasteiger partial charge in [0.15, 0.2) is 5.96 Å². The second-order valence-corrected chi connectivity index (χ2v) is 9.18. The van der Waals surface area contributed by atoms with Crippen LogP contribution in [0.25, 0.3) is 0 Å². The number of amides is 3. The van der Waals surface area contributed by atoms with Crippen molar-refractivity contribution in [3.05, 3.63) is 0 Å². The molecule has 0 aromatic rings. The quantitative estimate of drug-likeness (QED) is 0.0688. The molecule has 13 nitrogen and oxygen atoms in total. The number of aliphatic imine (C=N–C) groups is 1. The summed E-state index contributed by atoms with van der Waals surface area (Å²) >= 11 is 0. The normalized spacial score (nSPS) is 16.2. The van der Waals surface area contributed by atoms with Gasteiger partial charge in [-0.2, -0.15) is 0 Å². The van der Waals surface area contributed by atoms with Gasteiger partial charge < -0.3 is 43.4 Å². The van der Waals surface area contributed by atoms with Crippen molar-refractivity contribution in [2.24, 2.45) is 34.0 Å². The van der Waals surface area contributed by atoms with Crippen molar-refractivity contribution >= 4 is 29.7 Å². The molecule has 202 valence electrons. The first-order valence-electron chi connectivity index (χ1n) is 11.8. The van der Waals surface area contributed by atoms with E-state index in [2.05, 4.69) is 20.9 Å². The first-order chi connectivity index (χ1) is 16.2. The molecule has 0 fully saturated rings. The molecule has 0 bridgehead atoms. The number of nitrogens with two attached hydrogens (primary N) is 3. The monoisotopic (exact) mass is 501 g/mol. The summed E-state index contributed by atoms with van der Waals surface area (Å²) in [5.41, 5.74) is 16.5. The standard InChI is InChI=1S/C22H43N7O6/c1-6-12(4)16(23)19(32)29-17(13(5)30)20(33)27-14(8-7-9-26-22(24)25)18(31)28-15(21(34)35)10-11(2)3/h11-17,30H,6-10,23H2,1-5H3,(H,27,33)(H,28,31)(H,29,32)(H,34,35)(H4,24,25,26). The molecule has 0 saturated heterocycles. The Hall–Kier alpha value is -2.93. The highest BCUT2D eigenvalue weighted by atomic mass is 16.4. The van der Waals surface area contributed by atoms with E-state index in [0.29, 0.717) is 12.8 Å². The maximum absolute atomic E-state index is 12.9. The highest BCUT2D eigenvalue weighted by molar-refractivity contribution is 5.94. The molecular formula is C22H43N7O6. The van der Waals surface area contributed by atoms with Crippen molar-refractivity contribution in [2.45, 2.75) is 90.6 Å². The number of guanidine groups is 1. The number of rotatable bonds is 16. The fourth-order valence-electron chi connectivity index (χ4n) is 3.17. The minimum absolute atomic E-state index is 0.00383. The third-order valence-corrected chi connectivity index (χ3v) is 5.52. The number of carbonyl (C=O) groups is 4. The summed E-state index contributed by atoms with van der Waals surface area (Å²) in [6.45, 7) is 8.78. The molecule has 0 saturated carbocycles. The van der Waals surface area contributed by atoms with E-state index >= 15 is 0 Å². The van der Waals surface area contributed by atoms with Crippen LogP contribution in [-0.2, 0) is 19.2 Å². The molecule has 0 heterocycles. The predicted molar refractivity (Wildman–Crippen MR) is 132 cm³/mol. The third-order valence-electron chi connectivity index (χ3n) is 5.52. The highest BCUT2D eigenvalue weighted by Crippen LogP contribution is 2.09. The Bertz CT molecular complexity index is 740. The molecule has 0 aliphatic heterocycles. The Morgan fingerprint density at radius 3 is 1.94 bits per heavy atom. The lowest BCUT2D eigenvalue weighted by Crippen LogP contribution is -2.60. The minimum atomic E-state index is -1.38. The summed E-state index contributed by atoms with van der Waals surface area (Å²) in [7, 11) is 0. The Labute approximate surface area is 206 Å². The summed E-state index contributed by atoms with van der Waals surface area (Å²) in [6.07, 6.45) is -0.0893. The maximum Gasteiger partial charge on any atom is 0.326 e. The van der Waals surface area contributed by atoms with Gasteiger partial charge in [-0.3, -0.25) is 19.4 Å². The first kappa shape index (κ1) is 32.1. The summed E-state index contributed by atoms with van der Waals surface area (Å²) < 4.78 is 0. The number of hydrogen-bond donors (Lipinski definition) is 8. The van der Waals surface area contributed by atoms with Crippen LogP contribution in [0.3, 0.4) is 0 Å². The van der Waals surface area contributed by atoms with Gasteiger partial charge in [-0.25, -0.2) is 4.79 Å². The zero-order valence-corrected chi connectivity index (χ0v) is 21.3. The van der Waals surface area contributed by atoms with Gasteiger partial charge in [0.25, 0.3) is 0 Å². The van der Waals surface area contributed by atoms with Crippen LogP contribution >= 0.6 is 0 Å². The van der Waals surface area contributed by atoms with Crippen LogP contribution in [0.1, 0.15) is 60.3 Å². The maximum atomic E-state index is 12.9. The van der Waals surface area contributed by atoms with Crippen molar-refractivity contribution in [1.29, 1.82) is 0 Å². The Morgan fingerprint density at radius 1 is 0.914 bits per heavy atom. The second kappa shape index (κ2) is 15.9. The number of carbonyl (C=O) groups excluding carboxylic acids is 3. The number of aliphatic hydroxyl groups is 1. The summed E-state index contributed by atoms with van der Waals surface area (Å²) in [6, 6.07) is -4.58. The molecule has 11 N–H and O–H groups in total. The van der Waals surface area contributed by atoms with Crippen LogP contribution in [0.4, 0.5) is 0 Å². The van der Waals surface area contributed by atoms with Crippen LogP contribution in [0.2, 0.25) is 0 Å². The molecule has 0 spiro atoms. The number of carboxylic acid groups (broad SMARTS) is 1.